The van der Waals surface area contributed by atoms with Gasteiger partial charge in [0.05, 0.1) is 7.11 Å². The zero-order chi connectivity index (χ0) is 42.1. The van der Waals surface area contributed by atoms with Gasteiger partial charge in [0.25, 0.3) is 11.8 Å². The largest absolute Gasteiger partial charge is 0.467 e. The molecular formula is C43H53N4O10P. The van der Waals surface area contributed by atoms with Crippen LogP contribution in [0.4, 0.5) is 4.79 Å². The lowest BCUT2D eigenvalue weighted by atomic mass is 9.75. The van der Waals surface area contributed by atoms with E-state index in [0.717, 1.165) is 26.8 Å². The molecule has 0 radical (unpaired) electrons. The van der Waals surface area contributed by atoms with E-state index >= 15 is 0 Å². The number of fused-ring (bicyclic) bond motifs is 1. The van der Waals surface area contributed by atoms with Crippen LogP contribution in [-0.4, -0.2) is 95.9 Å². The summed E-state index contributed by atoms with van der Waals surface area (Å²) in [6, 6.07) is 15.7. The van der Waals surface area contributed by atoms with E-state index in [1.165, 1.54) is 26.2 Å². The molecule has 0 spiro atoms. The minimum Gasteiger partial charge on any atom is -0.467 e. The van der Waals surface area contributed by atoms with Crippen molar-refractivity contribution >= 4 is 59.1 Å². The molecule has 0 saturated carbocycles. The van der Waals surface area contributed by atoms with Gasteiger partial charge in [-0.2, -0.15) is 0 Å². The molecule has 1 aromatic heterocycles. The molecule has 4 amide bonds. The number of methoxy groups -OCH3 is 1. The highest BCUT2D eigenvalue weighted by Gasteiger charge is 2.57. The molecule has 2 N–H and O–H groups in total. The van der Waals surface area contributed by atoms with Crippen LogP contribution >= 0.6 is 7.60 Å². The number of ether oxygens (including phenoxy) is 2. The van der Waals surface area contributed by atoms with Crippen molar-refractivity contribution in [2.24, 2.45) is 17.8 Å². The van der Waals surface area contributed by atoms with Crippen LogP contribution in [0.1, 0.15) is 80.2 Å². The van der Waals surface area contributed by atoms with Gasteiger partial charge in [-0.05, 0) is 86.9 Å². The number of aromatic amines is 1. The number of rotatable bonds is 13. The van der Waals surface area contributed by atoms with Crippen LogP contribution < -0.4 is 5.32 Å². The van der Waals surface area contributed by atoms with Gasteiger partial charge in [-0.1, -0.05) is 56.3 Å². The maximum Gasteiger partial charge on any atom is 0.411 e. The number of hydrogen-bond donors (Lipinski definition) is 2. The lowest BCUT2D eigenvalue weighted by Crippen LogP contribution is -2.63. The fourth-order valence-corrected chi connectivity index (χ4v) is 10.6. The zero-order valence-corrected chi connectivity index (χ0v) is 35.2. The number of amides is 4. The summed E-state index contributed by atoms with van der Waals surface area (Å²) in [6.45, 7) is 8.95. The second kappa shape index (κ2) is 17.1. The SMILES string of the molecule is COC(=O)[C@H](Cc1c[nH]c2ccccc12)NC(=O)[C@H]1C[C@H](CC(C)C)[C@@H](CCN2C(=O)c3cccc4cccc(c34)C2=O)[C@H](P(=O)(OC)OC)N1C(=O)OC(C)(C)C. The van der Waals surface area contributed by atoms with Gasteiger partial charge in [-0.25, -0.2) is 9.59 Å². The van der Waals surface area contributed by atoms with E-state index < -0.39 is 72.7 Å². The number of benzene rings is 3. The summed E-state index contributed by atoms with van der Waals surface area (Å²) in [5.41, 5.74) is 1.36. The molecule has 310 valence electrons. The van der Waals surface area contributed by atoms with Crippen LogP contribution in [0, 0.1) is 17.8 Å². The minimum atomic E-state index is -4.31. The van der Waals surface area contributed by atoms with Crippen LogP contribution in [0.2, 0.25) is 0 Å². The Kier molecular flexibility index (Phi) is 12.5. The summed E-state index contributed by atoms with van der Waals surface area (Å²) in [5, 5.41) is 5.08. The molecule has 4 aromatic rings. The normalized spacial score (nSPS) is 20.4. The number of carbonyl (C=O) groups is 5. The number of imide groups is 1. The average molecular weight is 817 g/mol. The van der Waals surface area contributed by atoms with E-state index in [1.807, 2.05) is 50.2 Å². The van der Waals surface area contributed by atoms with E-state index in [9.17, 15) is 28.5 Å². The number of esters is 1. The van der Waals surface area contributed by atoms with Gasteiger partial charge in [-0.3, -0.25) is 28.7 Å². The maximum absolute atomic E-state index is 14.9. The highest BCUT2D eigenvalue weighted by atomic mass is 31.2. The first kappa shape index (κ1) is 42.6. The van der Waals surface area contributed by atoms with Crippen LogP contribution in [0.15, 0.2) is 66.9 Å². The standard InChI is InChI=1S/C43H53N4O10P/c1-25(2)21-27-23-35(37(48)45-34(41(51)54-6)22-28-24-44-33-18-10-9-15-29(28)33)47(42(52)57-43(3,4)5)40(58(53,55-7)56-8)30(27)19-20-46-38(49)31-16-11-13-26-14-12-17-32(36(26)31)39(46)50/h9-18,24-25,27,30,34-35,40,44H,19-23H2,1-8H3,(H,45,48)/t27-,30+,34-,35+,40-/m0/s1. The van der Waals surface area contributed by atoms with Crippen LogP contribution in [0.25, 0.3) is 21.7 Å². The van der Waals surface area contributed by atoms with Crippen molar-refractivity contribution in [3.8, 4) is 0 Å². The molecule has 15 heteroatoms. The number of aromatic nitrogens is 1. The summed E-state index contributed by atoms with van der Waals surface area (Å²) in [4.78, 5) is 76.1. The number of carbonyl (C=O) groups excluding carboxylic acids is 5. The zero-order valence-electron chi connectivity index (χ0n) is 34.3. The van der Waals surface area contributed by atoms with Crippen molar-refractivity contribution in [2.75, 3.05) is 27.9 Å². The predicted molar refractivity (Wildman–Crippen MR) is 218 cm³/mol. The second-order valence-electron chi connectivity index (χ2n) is 16.4. The van der Waals surface area contributed by atoms with Gasteiger partial charge >= 0.3 is 19.7 Å². The average Bonchev–Trinajstić information content (AvgIpc) is 3.60. The number of H-pyrrole nitrogens is 1. The van der Waals surface area contributed by atoms with Crippen molar-refractivity contribution in [1.29, 1.82) is 0 Å². The quantitative estimate of drug-likeness (QED) is 0.0792. The van der Waals surface area contributed by atoms with Crippen molar-refractivity contribution < 1.29 is 47.1 Å². The Labute approximate surface area is 338 Å². The van der Waals surface area contributed by atoms with E-state index in [1.54, 1.807) is 51.2 Å². The number of piperidine rings is 1. The summed E-state index contributed by atoms with van der Waals surface area (Å²) in [6.07, 6.45) is 1.57. The molecule has 1 saturated heterocycles. The molecule has 5 atom stereocenters. The van der Waals surface area contributed by atoms with Crippen LogP contribution in [-0.2, 0) is 39.1 Å². The van der Waals surface area contributed by atoms with Gasteiger partial charge < -0.3 is 28.8 Å². The first-order valence-electron chi connectivity index (χ1n) is 19.6. The minimum absolute atomic E-state index is 0.0711. The number of para-hydroxylation sites is 1. The fourth-order valence-electron chi connectivity index (χ4n) is 8.62. The Morgan fingerprint density at radius 1 is 0.931 bits per heavy atom. The summed E-state index contributed by atoms with van der Waals surface area (Å²) < 4.78 is 37.3. The van der Waals surface area contributed by atoms with E-state index in [0.29, 0.717) is 22.9 Å². The second-order valence-corrected chi connectivity index (χ2v) is 18.8. The van der Waals surface area contributed by atoms with Crippen molar-refractivity contribution in [3.05, 3.63) is 83.6 Å². The molecule has 14 nitrogen and oxygen atoms in total. The highest BCUT2D eigenvalue weighted by molar-refractivity contribution is 7.54. The van der Waals surface area contributed by atoms with Gasteiger partial charge in [0.1, 0.15) is 23.5 Å². The molecule has 6 rings (SSSR count). The Morgan fingerprint density at radius 3 is 2.16 bits per heavy atom. The predicted octanol–water partition coefficient (Wildman–Crippen LogP) is 7.31. The third-order valence-corrected chi connectivity index (χ3v) is 13.4. The summed E-state index contributed by atoms with van der Waals surface area (Å²) >= 11 is 0. The topological polar surface area (TPSA) is 174 Å². The first-order chi connectivity index (χ1) is 27.5. The molecule has 1 fully saturated rings. The van der Waals surface area contributed by atoms with Crippen molar-refractivity contribution in [1.82, 2.24) is 20.1 Å². The summed E-state index contributed by atoms with van der Waals surface area (Å²) in [7, 11) is -0.662. The number of nitrogens with zero attached hydrogens (tertiary/aromatic N) is 2. The number of hydrogen-bond acceptors (Lipinski definition) is 10. The Hall–Kier alpha value is -5.04. The maximum atomic E-state index is 14.9. The molecule has 0 bridgehead atoms. The highest BCUT2D eigenvalue weighted by Crippen LogP contribution is 2.60. The summed E-state index contributed by atoms with van der Waals surface area (Å²) in [5.74, 6) is -4.77. The van der Waals surface area contributed by atoms with Gasteiger partial charge in [0, 0.05) is 60.8 Å². The van der Waals surface area contributed by atoms with Crippen LogP contribution in [0.3, 0.4) is 0 Å². The molecular weight excluding hydrogens is 763 g/mol. The lowest BCUT2D eigenvalue weighted by Gasteiger charge is -2.50. The van der Waals surface area contributed by atoms with Gasteiger partial charge in [-0.15, -0.1) is 0 Å². The third kappa shape index (κ3) is 8.41. The molecule has 0 unspecified atom stereocenters. The lowest BCUT2D eigenvalue weighted by molar-refractivity contribution is -0.146. The Morgan fingerprint density at radius 2 is 1.57 bits per heavy atom. The molecule has 2 aliphatic heterocycles. The van der Waals surface area contributed by atoms with Gasteiger partial charge in [0.2, 0.25) is 5.91 Å². The molecule has 0 aliphatic carbocycles. The Balaban J connectivity index is 1.40. The first-order valence-corrected chi connectivity index (χ1v) is 21.2. The number of nitrogens with one attached hydrogen (secondary N) is 2. The van der Waals surface area contributed by atoms with Crippen LogP contribution in [0.5, 0.6) is 0 Å². The monoisotopic (exact) mass is 816 g/mol. The Bertz CT molecular complexity index is 2210. The molecule has 58 heavy (non-hydrogen) atoms. The third-order valence-electron chi connectivity index (χ3n) is 11.1. The molecule has 3 heterocycles. The van der Waals surface area contributed by atoms with E-state index in [2.05, 4.69) is 10.3 Å². The van der Waals surface area contributed by atoms with E-state index in [-0.39, 0.29) is 31.7 Å². The number of likely N-dealkylation sites (tertiary alicyclic amines) is 1. The van der Waals surface area contributed by atoms with Crippen molar-refractivity contribution in [2.45, 2.75) is 83.8 Å². The van der Waals surface area contributed by atoms with E-state index in [4.69, 9.17) is 18.5 Å². The molecule has 3 aromatic carbocycles. The fraction of sp³-hybridized carbons (Fsp3) is 0.465. The van der Waals surface area contributed by atoms with Crippen molar-refractivity contribution in [3.63, 3.8) is 0 Å². The van der Waals surface area contributed by atoms with Gasteiger partial charge in [0.15, 0.2) is 0 Å². The molecule has 2 aliphatic rings. The smallest absolute Gasteiger partial charge is 0.411 e.